The lowest BCUT2D eigenvalue weighted by molar-refractivity contribution is 0.534. The molecule has 0 spiro atoms. The third-order valence-corrected chi connectivity index (χ3v) is 6.19. The van der Waals surface area contributed by atoms with Gasteiger partial charge in [0.05, 0.1) is 17.5 Å². The summed E-state index contributed by atoms with van der Waals surface area (Å²) in [6.45, 7) is 4.04. The highest BCUT2D eigenvalue weighted by atomic mass is 32.2. The van der Waals surface area contributed by atoms with Crippen molar-refractivity contribution in [2.24, 2.45) is 7.05 Å². The Kier molecular flexibility index (Phi) is 4.65. The van der Waals surface area contributed by atoms with Gasteiger partial charge in [0.25, 0.3) is 0 Å². The minimum atomic E-state index is 0.763. The number of hydrogen-bond acceptors (Lipinski definition) is 6. The van der Waals surface area contributed by atoms with Gasteiger partial charge < -0.3 is 8.98 Å². The Hall–Kier alpha value is -2.38. The molecular weight excluding hydrogens is 364 g/mol. The number of thiazole rings is 1. The van der Waals surface area contributed by atoms with E-state index in [-0.39, 0.29) is 0 Å². The predicted octanol–water partition coefficient (Wildman–Crippen LogP) is 5.11. The van der Waals surface area contributed by atoms with Crippen molar-refractivity contribution < 1.29 is 4.42 Å². The van der Waals surface area contributed by atoms with E-state index >= 15 is 0 Å². The summed E-state index contributed by atoms with van der Waals surface area (Å²) in [4.78, 5) is 4.78. The van der Waals surface area contributed by atoms with Gasteiger partial charge in [-0.3, -0.25) is 0 Å². The minimum Gasteiger partial charge on any atom is -0.469 e. The topological polar surface area (TPSA) is 56.7 Å². The summed E-state index contributed by atoms with van der Waals surface area (Å²) >= 11 is 3.32. The first-order chi connectivity index (χ1) is 12.6. The van der Waals surface area contributed by atoms with Crippen LogP contribution < -0.4 is 0 Å². The van der Waals surface area contributed by atoms with Crippen molar-refractivity contribution in [3.63, 3.8) is 0 Å². The molecule has 0 aliphatic carbocycles. The largest absolute Gasteiger partial charge is 0.469 e. The number of rotatable bonds is 5. The van der Waals surface area contributed by atoms with Gasteiger partial charge in [0.1, 0.15) is 10.8 Å². The zero-order valence-electron chi connectivity index (χ0n) is 14.8. The lowest BCUT2D eigenvalue weighted by Crippen LogP contribution is -1.95. The molecule has 4 aromatic rings. The minimum absolute atomic E-state index is 0.763. The summed E-state index contributed by atoms with van der Waals surface area (Å²) in [5, 5.41) is 12.7. The number of benzene rings is 1. The molecular formula is C19H18N4OS2. The zero-order chi connectivity index (χ0) is 18.1. The van der Waals surface area contributed by atoms with E-state index in [1.54, 1.807) is 29.4 Å². The van der Waals surface area contributed by atoms with Crippen LogP contribution in [-0.4, -0.2) is 19.7 Å². The molecule has 0 atom stereocenters. The van der Waals surface area contributed by atoms with Gasteiger partial charge >= 0.3 is 0 Å². The highest BCUT2D eigenvalue weighted by Gasteiger charge is 2.15. The molecule has 5 nitrogen and oxygen atoms in total. The number of aromatic nitrogens is 4. The molecule has 0 bridgehead atoms. The normalized spacial score (nSPS) is 11.2. The second kappa shape index (κ2) is 7.09. The molecule has 0 saturated heterocycles. The Morgan fingerprint density at radius 2 is 1.96 bits per heavy atom. The molecule has 1 aromatic carbocycles. The Balaban J connectivity index is 1.50. The van der Waals surface area contributed by atoms with Crippen molar-refractivity contribution in [3.8, 4) is 22.0 Å². The van der Waals surface area contributed by atoms with E-state index in [0.717, 1.165) is 38.8 Å². The van der Waals surface area contributed by atoms with Crippen LogP contribution >= 0.6 is 23.1 Å². The van der Waals surface area contributed by atoms with E-state index in [1.165, 1.54) is 11.1 Å². The molecule has 4 rings (SSSR count). The van der Waals surface area contributed by atoms with Crippen molar-refractivity contribution in [1.82, 2.24) is 19.7 Å². The van der Waals surface area contributed by atoms with Crippen LogP contribution in [0.25, 0.3) is 22.0 Å². The quantitative estimate of drug-likeness (QED) is 0.449. The van der Waals surface area contributed by atoms with Crippen molar-refractivity contribution in [1.29, 1.82) is 0 Å². The van der Waals surface area contributed by atoms with Crippen molar-refractivity contribution in [3.05, 3.63) is 59.0 Å². The smallest absolute Gasteiger partial charge is 0.191 e. The second-order valence-corrected chi connectivity index (χ2v) is 7.80. The van der Waals surface area contributed by atoms with E-state index in [9.17, 15) is 0 Å². The van der Waals surface area contributed by atoms with Crippen molar-refractivity contribution >= 4 is 23.1 Å². The maximum atomic E-state index is 5.37. The van der Waals surface area contributed by atoms with Crippen LogP contribution in [0.3, 0.4) is 0 Å². The molecule has 132 valence electrons. The Bertz CT molecular complexity index is 1050. The summed E-state index contributed by atoms with van der Waals surface area (Å²) in [6, 6.07) is 10.3. The van der Waals surface area contributed by atoms with E-state index in [4.69, 9.17) is 9.40 Å². The first kappa shape index (κ1) is 17.1. The third-order valence-electron chi connectivity index (χ3n) is 4.21. The molecule has 3 heterocycles. The van der Waals surface area contributed by atoms with Gasteiger partial charge in [0.2, 0.25) is 0 Å². The maximum absolute atomic E-state index is 5.37. The Morgan fingerprint density at radius 1 is 1.12 bits per heavy atom. The van der Waals surface area contributed by atoms with E-state index in [2.05, 4.69) is 46.8 Å². The van der Waals surface area contributed by atoms with Crippen LogP contribution in [0, 0.1) is 13.8 Å². The van der Waals surface area contributed by atoms with Crippen LogP contribution in [0.4, 0.5) is 0 Å². The van der Waals surface area contributed by atoms with Gasteiger partial charge in [0.15, 0.2) is 11.0 Å². The summed E-state index contributed by atoms with van der Waals surface area (Å²) in [5.41, 5.74) is 4.48. The summed E-state index contributed by atoms with van der Waals surface area (Å²) in [7, 11) is 1.98. The molecule has 0 amide bonds. The highest BCUT2D eigenvalue weighted by Crippen LogP contribution is 2.30. The molecule has 0 N–H and O–H groups in total. The number of nitrogens with zero attached hydrogens (tertiary/aromatic N) is 4. The van der Waals surface area contributed by atoms with Gasteiger partial charge in [-0.2, -0.15) is 0 Å². The van der Waals surface area contributed by atoms with Gasteiger partial charge in [0, 0.05) is 23.7 Å². The summed E-state index contributed by atoms with van der Waals surface area (Å²) < 4.78 is 7.37. The van der Waals surface area contributed by atoms with E-state index in [1.807, 2.05) is 24.6 Å². The second-order valence-electron chi connectivity index (χ2n) is 6.00. The van der Waals surface area contributed by atoms with Gasteiger partial charge in [-0.25, -0.2) is 4.98 Å². The number of aryl methyl sites for hydroxylation is 2. The Labute approximate surface area is 160 Å². The third kappa shape index (κ3) is 3.20. The fourth-order valence-electron chi connectivity index (χ4n) is 2.74. The van der Waals surface area contributed by atoms with Crippen LogP contribution in [0.5, 0.6) is 0 Å². The molecule has 0 aliphatic heterocycles. The first-order valence-electron chi connectivity index (χ1n) is 8.20. The van der Waals surface area contributed by atoms with Gasteiger partial charge in [-0.05, 0) is 25.5 Å². The van der Waals surface area contributed by atoms with Crippen LogP contribution in [-0.2, 0) is 12.8 Å². The van der Waals surface area contributed by atoms with Gasteiger partial charge in [-0.1, -0.05) is 36.0 Å². The molecule has 0 unspecified atom stereocenters. The monoisotopic (exact) mass is 382 g/mol. The predicted molar refractivity (Wildman–Crippen MR) is 105 cm³/mol. The zero-order valence-corrected chi connectivity index (χ0v) is 16.4. The fraction of sp³-hybridized carbons (Fsp3) is 0.211. The van der Waals surface area contributed by atoms with E-state index in [0.29, 0.717) is 0 Å². The average molecular weight is 383 g/mol. The summed E-state index contributed by atoms with van der Waals surface area (Å²) in [6.07, 6.45) is 1.68. The van der Waals surface area contributed by atoms with Gasteiger partial charge in [-0.15, -0.1) is 21.5 Å². The standard InChI is InChI=1S/C19H18N4OS2/c1-12-6-4-5-7-15(12)18-20-14(10-25-18)11-26-19-22-21-17(23(19)3)16-8-9-24-13(16)2/h4-10H,11H2,1-3H3. The highest BCUT2D eigenvalue weighted by molar-refractivity contribution is 7.98. The molecule has 0 radical (unpaired) electrons. The lowest BCUT2D eigenvalue weighted by atomic mass is 10.1. The molecule has 0 saturated carbocycles. The van der Waals surface area contributed by atoms with E-state index < -0.39 is 0 Å². The Morgan fingerprint density at radius 3 is 2.73 bits per heavy atom. The molecule has 26 heavy (non-hydrogen) atoms. The molecule has 3 aromatic heterocycles. The molecule has 0 fully saturated rings. The van der Waals surface area contributed by atoms with Crippen molar-refractivity contribution in [2.45, 2.75) is 24.8 Å². The lowest BCUT2D eigenvalue weighted by Gasteiger charge is -2.02. The maximum Gasteiger partial charge on any atom is 0.191 e. The van der Waals surface area contributed by atoms with Crippen LogP contribution in [0.15, 0.2) is 51.5 Å². The van der Waals surface area contributed by atoms with Crippen LogP contribution in [0.1, 0.15) is 17.0 Å². The van der Waals surface area contributed by atoms with Crippen molar-refractivity contribution in [2.75, 3.05) is 0 Å². The number of hydrogen-bond donors (Lipinski definition) is 0. The fourth-order valence-corrected chi connectivity index (χ4v) is 4.56. The van der Waals surface area contributed by atoms with Crippen LogP contribution in [0.2, 0.25) is 0 Å². The average Bonchev–Trinajstić information content (AvgIpc) is 3.34. The first-order valence-corrected chi connectivity index (χ1v) is 10.1. The molecule has 0 aliphatic rings. The SMILES string of the molecule is Cc1ccccc1-c1nc(CSc2nnc(-c3ccoc3C)n2C)cs1. The molecule has 7 heteroatoms. The number of thioether (sulfide) groups is 1. The number of furan rings is 1. The summed E-state index contributed by atoms with van der Waals surface area (Å²) in [5.74, 6) is 2.43.